The molecule has 0 N–H and O–H groups in total. The van der Waals surface area contributed by atoms with Gasteiger partial charge in [0, 0.05) is 44.6 Å². The lowest BCUT2D eigenvalue weighted by Crippen LogP contribution is -2.50. The van der Waals surface area contributed by atoms with Crippen LogP contribution in [-0.4, -0.2) is 56.1 Å². The summed E-state index contributed by atoms with van der Waals surface area (Å²) >= 11 is 0. The molecule has 1 aliphatic heterocycles. The molecule has 1 saturated heterocycles. The highest BCUT2D eigenvalue weighted by molar-refractivity contribution is 5.78. The lowest BCUT2D eigenvalue weighted by atomic mass is 9.88. The lowest BCUT2D eigenvalue weighted by Gasteiger charge is -2.40. The molecule has 1 fully saturated rings. The van der Waals surface area contributed by atoms with Gasteiger partial charge in [-0.25, -0.2) is 0 Å². The number of rotatable bonds is 9. The Kier molecular flexibility index (Phi) is 8.59. The van der Waals surface area contributed by atoms with E-state index in [0.717, 1.165) is 30.2 Å². The molecule has 0 aromatic heterocycles. The summed E-state index contributed by atoms with van der Waals surface area (Å²) in [6.07, 6.45) is 0.462. The minimum absolute atomic E-state index is 0.0360. The van der Waals surface area contributed by atoms with Gasteiger partial charge >= 0.3 is 0 Å². The van der Waals surface area contributed by atoms with Crippen LogP contribution in [0.2, 0.25) is 0 Å². The van der Waals surface area contributed by atoms with Crippen molar-refractivity contribution in [3.05, 3.63) is 131 Å². The first kappa shape index (κ1) is 26.5. The molecule has 4 aromatic rings. The Balaban J connectivity index is 1.34. The van der Waals surface area contributed by atoms with Crippen LogP contribution in [0.1, 0.15) is 40.6 Å². The topological polar surface area (TPSA) is 42.0 Å². The number of hydrogen-bond donors (Lipinski definition) is 0. The Morgan fingerprint density at radius 3 is 1.56 bits per heavy atom. The van der Waals surface area contributed by atoms with Gasteiger partial charge < -0.3 is 14.4 Å². The molecular weight excluding hydrogens is 484 g/mol. The third-order valence-corrected chi connectivity index (χ3v) is 7.62. The van der Waals surface area contributed by atoms with Crippen LogP contribution in [0, 0.1) is 0 Å². The van der Waals surface area contributed by atoms with Gasteiger partial charge in [0.2, 0.25) is 5.91 Å². The second-order valence-electron chi connectivity index (χ2n) is 9.95. The fraction of sp³-hybridized carbons (Fsp3) is 0.265. The molecule has 0 bridgehead atoms. The molecule has 1 unspecified atom stereocenters. The maximum atomic E-state index is 13.6. The van der Waals surface area contributed by atoms with Gasteiger partial charge in [0.1, 0.15) is 11.5 Å². The summed E-state index contributed by atoms with van der Waals surface area (Å²) in [5.41, 5.74) is 4.67. The number of piperazine rings is 1. The Bertz CT molecular complexity index is 1280. The Hall–Kier alpha value is -4.09. The number of hydrogen-bond acceptors (Lipinski definition) is 4. The molecule has 200 valence electrons. The van der Waals surface area contributed by atoms with Gasteiger partial charge in [0.05, 0.1) is 20.3 Å². The highest BCUT2D eigenvalue weighted by atomic mass is 16.5. The normalized spacial score (nSPS) is 14.7. The van der Waals surface area contributed by atoms with Crippen LogP contribution in [0.25, 0.3) is 0 Å². The SMILES string of the molecule is COc1cc(OC)cc(C(c2ccccc2)N2CCN(C(=O)CC(c3ccccc3)c3ccccc3)CC2)c1. The molecule has 0 saturated carbocycles. The van der Waals surface area contributed by atoms with E-state index in [1.807, 2.05) is 53.4 Å². The number of ether oxygens (including phenoxy) is 2. The van der Waals surface area contributed by atoms with Gasteiger partial charge in [-0.1, -0.05) is 91.0 Å². The van der Waals surface area contributed by atoms with Crippen molar-refractivity contribution < 1.29 is 14.3 Å². The van der Waals surface area contributed by atoms with Gasteiger partial charge in [0.25, 0.3) is 0 Å². The fourth-order valence-electron chi connectivity index (χ4n) is 5.57. The van der Waals surface area contributed by atoms with E-state index < -0.39 is 0 Å². The van der Waals surface area contributed by atoms with E-state index in [4.69, 9.17) is 9.47 Å². The highest BCUT2D eigenvalue weighted by Gasteiger charge is 2.30. The van der Waals surface area contributed by atoms with E-state index >= 15 is 0 Å². The minimum Gasteiger partial charge on any atom is -0.497 e. The summed E-state index contributed by atoms with van der Waals surface area (Å²) in [5.74, 6) is 1.78. The number of amides is 1. The van der Waals surface area contributed by atoms with Crippen LogP contribution in [0.3, 0.4) is 0 Å². The van der Waals surface area contributed by atoms with Crippen molar-refractivity contribution in [2.24, 2.45) is 0 Å². The minimum atomic E-state index is 0.0360. The number of nitrogens with zero attached hydrogens (tertiary/aromatic N) is 2. The van der Waals surface area contributed by atoms with Crippen molar-refractivity contribution in [3.8, 4) is 11.5 Å². The molecule has 4 aromatic carbocycles. The van der Waals surface area contributed by atoms with E-state index in [1.165, 1.54) is 16.7 Å². The van der Waals surface area contributed by atoms with E-state index in [1.54, 1.807) is 14.2 Å². The number of carbonyl (C=O) groups excluding carboxylic acids is 1. The quantitative estimate of drug-likeness (QED) is 0.265. The first-order chi connectivity index (χ1) is 19.2. The molecule has 0 aliphatic carbocycles. The monoisotopic (exact) mass is 520 g/mol. The maximum absolute atomic E-state index is 13.6. The van der Waals surface area contributed by atoms with Crippen molar-refractivity contribution >= 4 is 5.91 Å². The Labute approximate surface area is 231 Å². The molecule has 1 heterocycles. The number of carbonyl (C=O) groups is 1. The summed E-state index contributed by atoms with van der Waals surface area (Å²) in [6.45, 7) is 2.96. The second kappa shape index (κ2) is 12.6. The van der Waals surface area contributed by atoms with Gasteiger partial charge in [-0.05, 0) is 34.4 Å². The summed E-state index contributed by atoms with van der Waals surface area (Å²) in [6, 6.07) is 37.3. The van der Waals surface area contributed by atoms with Crippen molar-refractivity contribution in [2.45, 2.75) is 18.4 Å². The molecule has 39 heavy (non-hydrogen) atoms. The van der Waals surface area contributed by atoms with E-state index in [9.17, 15) is 4.79 Å². The van der Waals surface area contributed by atoms with Gasteiger partial charge in [-0.2, -0.15) is 0 Å². The Morgan fingerprint density at radius 1 is 0.641 bits per heavy atom. The van der Waals surface area contributed by atoms with Crippen LogP contribution < -0.4 is 9.47 Å². The van der Waals surface area contributed by atoms with Gasteiger partial charge in [-0.15, -0.1) is 0 Å². The third-order valence-electron chi connectivity index (χ3n) is 7.62. The molecule has 1 atom stereocenters. The predicted molar refractivity (Wildman–Crippen MR) is 155 cm³/mol. The lowest BCUT2D eigenvalue weighted by molar-refractivity contribution is -0.133. The molecular formula is C34H36N2O3. The van der Waals surface area contributed by atoms with Gasteiger partial charge in [-0.3, -0.25) is 9.69 Å². The molecule has 0 radical (unpaired) electrons. The van der Waals surface area contributed by atoms with E-state index in [-0.39, 0.29) is 17.9 Å². The van der Waals surface area contributed by atoms with Crippen molar-refractivity contribution in [1.29, 1.82) is 0 Å². The number of benzene rings is 4. The van der Waals surface area contributed by atoms with Crippen LogP contribution in [0.5, 0.6) is 11.5 Å². The van der Waals surface area contributed by atoms with Crippen LogP contribution in [-0.2, 0) is 4.79 Å². The smallest absolute Gasteiger partial charge is 0.223 e. The average molecular weight is 521 g/mol. The first-order valence-electron chi connectivity index (χ1n) is 13.6. The second-order valence-corrected chi connectivity index (χ2v) is 9.95. The summed E-state index contributed by atoms with van der Waals surface area (Å²) in [5, 5.41) is 0. The molecule has 1 aliphatic rings. The predicted octanol–water partition coefficient (Wildman–Crippen LogP) is 6.16. The van der Waals surface area contributed by atoms with Crippen molar-refractivity contribution in [2.75, 3.05) is 40.4 Å². The van der Waals surface area contributed by atoms with Crippen molar-refractivity contribution in [3.63, 3.8) is 0 Å². The zero-order valence-electron chi connectivity index (χ0n) is 22.7. The maximum Gasteiger partial charge on any atom is 0.223 e. The van der Waals surface area contributed by atoms with Crippen LogP contribution >= 0.6 is 0 Å². The van der Waals surface area contributed by atoms with E-state index in [2.05, 4.69) is 65.6 Å². The molecule has 0 spiro atoms. The van der Waals surface area contributed by atoms with Gasteiger partial charge in [0.15, 0.2) is 0 Å². The van der Waals surface area contributed by atoms with Crippen molar-refractivity contribution in [1.82, 2.24) is 9.80 Å². The third kappa shape index (κ3) is 6.32. The molecule has 5 nitrogen and oxygen atoms in total. The first-order valence-corrected chi connectivity index (χ1v) is 13.6. The largest absolute Gasteiger partial charge is 0.497 e. The molecule has 1 amide bonds. The highest BCUT2D eigenvalue weighted by Crippen LogP contribution is 2.35. The van der Waals surface area contributed by atoms with Crippen LogP contribution in [0.4, 0.5) is 0 Å². The zero-order valence-corrected chi connectivity index (χ0v) is 22.7. The van der Waals surface area contributed by atoms with Crippen LogP contribution in [0.15, 0.2) is 109 Å². The summed E-state index contributed by atoms with van der Waals surface area (Å²) in [7, 11) is 3.36. The molecule has 5 heteroatoms. The Morgan fingerprint density at radius 2 is 1.10 bits per heavy atom. The molecule has 5 rings (SSSR count). The summed E-state index contributed by atoms with van der Waals surface area (Å²) in [4.78, 5) is 18.1. The zero-order chi connectivity index (χ0) is 27.0. The fourth-order valence-corrected chi connectivity index (χ4v) is 5.57. The summed E-state index contributed by atoms with van der Waals surface area (Å²) < 4.78 is 11.2. The standard InChI is InChI=1S/C34H36N2O3/c1-38-30-22-29(23-31(24-30)39-2)34(28-16-10-5-11-17-28)36-20-18-35(19-21-36)33(37)25-32(26-12-6-3-7-13-26)27-14-8-4-9-15-27/h3-17,22-24,32,34H,18-21,25H2,1-2H3. The number of methoxy groups -OCH3 is 2. The average Bonchev–Trinajstić information content (AvgIpc) is 3.01. The van der Waals surface area contributed by atoms with E-state index in [0.29, 0.717) is 19.5 Å².